The molecule has 0 bridgehead atoms. The molecule has 100 heavy (non-hydrogen) atoms. The van der Waals surface area contributed by atoms with Gasteiger partial charge in [-0.15, -0.1) is 0 Å². The van der Waals surface area contributed by atoms with Gasteiger partial charge in [0.2, 0.25) is 0 Å². The van der Waals surface area contributed by atoms with Crippen molar-refractivity contribution in [2.24, 2.45) is 0 Å². The number of hydrogen-bond acceptors (Lipinski definition) is 7. The van der Waals surface area contributed by atoms with Crippen LogP contribution in [0, 0.1) is 0 Å². The Kier molecular flexibility index (Phi) is 13.0. The first kappa shape index (κ1) is 57.1. The van der Waals surface area contributed by atoms with E-state index >= 15 is 0 Å². The Morgan fingerprint density at radius 3 is 0.940 bits per heavy atom. The lowest BCUT2D eigenvalue weighted by Crippen LogP contribution is -2.32. The Balaban J connectivity index is 0.667. The van der Waals surface area contributed by atoms with Gasteiger partial charge in [0, 0.05) is 55.6 Å². The lowest BCUT2D eigenvalue weighted by Gasteiger charge is -2.40. The molecule has 16 aromatic rings. The lowest BCUT2D eigenvalue weighted by molar-refractivity contribution is 0.436. The van der Waals surface area contributed by atoms with E-state index in [2.05, 4.69) is 334 Å². The third-order valence-electron chi connectivity index (χ3n) is 20.7. The highest BCUT2D eigenvalue weighted by Crippen LogP contribution is 2.66. The van der Waals surface area contributed by atoms with E-state index in [1.54, 1.807) is 0 Å². The molecule has 2 aliphatic carbocycles. The predicted octanol–water partition coefficient (Wildman–Crippen LogP) is 22.6. The van der Waals surface area contributed by atoms with Crippen LogP contribution in [0.2, 0.25) is 0 Å². The maximum absolute atomic E-state index is 6.76. The molecular formula is C93H57N5O2. The van der Waals surface area contributed by atoms with Crippen molar-refractivity contribution in [3.05, 3.63) is 390 Å². The molecule has 0 radical (unpaired) electrons. The molecule has 0 amide bonds. The molecule has 0 saturated heterocycles. The van der Waals surface area contributed by atoms with Gasteiger partial charge in [-0.25, -0.2) is 24.9 Å². The number of ether oxygens (including phenoxy) is 2. The number of nitrogens with zero attached hydrogens (tertiary/aromatic N) is 5. The second-order valence-corrected chi connectivity index (χ2v) is 26.0. The van der Waals surface area contributed by atoms with Gasteiger partial charge in [-0.1, -0.05) is 309 Å². The summed E-state index contributed by atoms with van der Waals surface area (Å²) in [7, 11) is 0. The van der Waals surface area contributed by atoms with Crippen LogP contribution in [0.1, 0.15) is 44.5 Å². The van der Waals surface area contributed by atoms with E-state index in [-0.39, 0.29) is 0 Å². The lowest BCUT2D eigenvalue weighted by atomic mass is 9.65. The molecule has 20 rings (SSSR count). The minimum atomic E-state index is -0.740. The fraction of sp³-hybridized carbons (Fsp3) is 0.0215. The minimum absolute atomic E-state index is 0.574. The van der Waals surface area contributed by atoms with Crippen molar-refractivity contribution in [2.75, 3.05) is 0 Å². The molecule has 2 aliphatic heterocycles. The SMILES string of the molecule is c1ccc(-c2ccc(-c3nc(-c4cccc(-c5ccc(-c6ccc(-c7cc(-c8ccccc8)nc(-c8cccc9c8C8(c%10ccccc%10Oc%10ccccc%108)c8ccccc8-9)n7)cc6)cc5)c4)nc(-c4cccc5c4C4(c6ccccc6Oc6ccccc64)c4ccccc4-5)n3)cc2)cc1. The van der Waals surface area contributed by atoms with Crippen molar-refractivity contribution in [1.29, 1.82) is 0 Å². The summed E-state index contributed by atoms with van der Waals surface area (Å²) in [6, 6.07) is 122. The van der Waals surface area contributed by atoms with Crippen LogP contribution in [0.25, 0.3) is 124 Å². The molecule has 0 N–H and O–H groups in total. The number of rotatable bonds is 9. The summed E-state index contributed by atoms with van der Waals surface area (Å²) in [5, 5.41) is 0. The largest absolute Gasteiger partial charge is 0.457 e. The summed E-state index contributed by atoms with van der Waals surface area (Å²) in [6.07, 6.45) is 0. The molecule has 2 aromatic heterocycles. The molecule has 4 aliphatic rings. The summed E-state index contributed by atoms with van der Waals surface area (Å²) in [4.78, 5) is 27.4. The van der Waals surface area contributed by atoms with Crippen molar-refractivity contribution in [2.45, 2.75) is 10.8 Å². The quantitative estimate of drug-likeness (QED) is 0.142. The van der Waals surface area contributed by atoms with Gasteiger partial charge in [0.05, 0.1) is 22.2 Å². The third kappa shape index (κ3) is 8.75. The molecule has 4 heterocycles. The van der Waals surface area contributed by atoms with E-state index in [9.17, 15) is 0 Å². The maximum atomic E-state index is 6.76. The Morgan fingerprint density at radius 1 is 0.180 bits per heavy atom. The summed E-state index contributed by atoms with van der Waals surface area (Å²) >= 11 is 0. The molecule has 14 aromatic carbocycles. The second kappa shape index (κ2) is 22.7. The molecule has 0 atom stereocenters. The maximum Gasteiger partial charge on any atom is 0.164 e. The highest BCUT2D eigenvalue weighted by molar-refractivity contribution is 5.96. The number of hydrogen-bond donors (Lipinski definition) is 0. The van der Waals surface area contributed by atoms with Gasteiger partial charge >= 0.3 is 0 Å². The normalized spacial score (nSPS) is 13.3. The van der Waals surface area contributed by atoms with Crippen LogP contribution in [0.4, 0.5) is 0 Å². The Bertz CT molecular complexity index is 5880. The Labute approximate surface area is 578 Å². The monoisotopic (exact) mass is 1280 g/mol. The van der Waals surface area contributed by atoms with E-state index in [4.69, 9.17) is 34.4 Å². The van der Waals surface area contributed by atoms with Crippen LogP contribution in [0.3, 0.4) is 0 Å². The second-order valence-electron chi connectivity index (χ2n) is 26.0. The summed E-state index contributed by atoms with van der Waals surface area (Å²) in [5.74, 6) is 5.72. The smallest absolute Gasteiger partial charge is 0.164 e. The van der Waals surface area contributed by atoms with Crippen molar-refractivity contribution >= 4 is 0 Å². The van der Waals surface area contributed by atoms with Gasteiger partial charge < -0.3 is 9.47 Å². The highest BCUT2D eigenvalue weighted by atomic mass is 16.5. The first-order chi connectivity index (χ1) is 49.5. The number of benzene rings is 14. The number of fused-ring (bicyclic) bond motifs is 18. The Hall–Kier alpha value is -13.2. The van der Waals surface area contributed by atoms with Crippen LogP contribution < -0.4 is 9.47 Å². The zero-order valence-corrected chi connectivity index (χ0v) is 54.0. The van der Waals surface area contributed by atoms with Crippen molar-refractivity contribution < 1.29 is 9.47 Å². The summed E-state index contributed by atoms with van der Waals surface area (Å²) in [5.41, 5.74) is 26.1. The highest BCUT2D eigenvalue weighted by Gasteiger charge is 2.54. The van der Waals surface area contributed by atoms with Crippen LogP contribution in [-0.4, -0.2) is 24.9 Å². The van der Waals surface area contributed by atoms with Gasteiger partial charge in [-0.2, -0.15) is 0 Å². The van der Waals surface area contributed by atoms with E-state index in [1.807, 2.05) is 12.1 Å². The van der Waals surface area contributed by atoms with Crippen LogP contribution in [0.15, 0.2) is 346 Å². The average molecular weight is 1280 g/mol. The third-order valence-corrected chi connectivity index (χ3v) is 20.7. The van der Waals surface area contributed by atoms with Crippen molar-refractivity contribution in [3.63, 3.8) is 0 Å². The molecule has 0 saturated carbocycles. The zero-order valence-electron chi connectivity index (χ0n) is 54.0. The van der Waals surface area contributed by atoms with E-state index in [0.29, 0.717) is 23.3 Å². The van der Waals surface area contributed by atoms with Crippen LogP contribution in [-0.2, 0) is 10.8 Å². The first-order valence-electron chi connectivity index (χ1n) is 33.9. The molecule has 7 nitrogen and oxygen atoms in total. The van der Waals surface area contributed by atoms with Gasteiger partial charge in [0.25, 0.3) is 0 Å². The fourth-order valence-corrected chi connectivity index (χ4v) is 16.4. The van der Waals surface area contributed by atoms with E-state index < -0.39 is 10.8 Å². The minimum Gasteiger partial charge on any atom is -0.457 e. The van der Waals surface area contributed by atoms with Crippen molar-refractivity contribution in [1.82, 2.24) is 24.9 Å². The first-order valence-corrected chi connectivity index (χ1v) is 33.9. The molecule has 466 valence electrons. The van der Waals surface area contributed by atoms with Crippen molar-refractivity contribution in [3.8, 4) is 147 Å². The number of para-hydroxylation sites is 4. The van der Waals surface area contributed by atoms with Crippen LogP contribution in [0.5, 0.6) is 23.0 Å². The van der Waals surface area contributed by atoms with Crippen LogP contribution >= 0.6 is 0 Å². The fourth-order valence-electron chi connectivity index (χ4n) is 16.4. The molecular weight excluding hydrogens is 1220 g/mol. The summed E-state index contributed by atoms with van der Waals surface area (Å²) in [6.45, 7) is 0. The number of aromatic nitrogens is 5. The average Bonchev–Trinajstić information content (AvgIpc) is 1.49. The predicted molar refractivity (Wildman–Crippen MR) is 399 cm³/mol. The van der Waals surface area contributed by atoms with E-state index in [0.717, 1.165) is 146 Å². The molecule has 0 unspecified atom stereocenters. The van der Waals surface area contributed by atoms with Gasteiger partial charge in [-0.3, -0.25) is 0 Å². The van der Waals surface area contributed by atoms with Gasteiger partial charge in [0.15, 0.2) is 23.3 Å². The standard InChI is InChI=1S/C93H57N5O2/c1-3-22-58(23-4-1)59-50-54-65(55-51-59)88-96-89(98-91(97-88)73-33-21-31-71-69-29-8-10-35-75(69)93(87(71)73)78-38-13-17-42-84(78)100-85-43-18-14-39-79(85)93)67-27-19-26-66(56-67)62-46-44-60(45-47-62)61-48-52-64(53-49-61)81-57-80(63-24-5-2-6-25-63)94-90(95-81)72-32-20-30-70-68-28-7-9-34-74(68)92(86(70)72)76-36-11-15-40-82(76)99-83-41-16-12-37-77(83)92/h1-57H. The molecule has 2 spiro atoms. The van der Waals surface area contributed by atoms with Gasteiger partial charge in [-0.05, 0) is 114 Å². The molecule has 7 heteroatoms. The van der Waals surface area contributed by atoms with Gasteiger partial charge in [0.1, 0.15) is 23.0 Å². The molecule has 0 fully saturated rings. The Morgan fingerprint density at radius 2 is 0.470 bits per heavy atom. The zero-order chi connectivity index (χ0) is 65.9. The van der Waals surface area contributed by atoms with E-state index in [1.165, 1.54) is 22.3 Å². The summed E-state index contributed by atoms with van der Waals surface area (Å²) < 4.78 is 13.5. The topological polar surface area (TPSA) is 82.9 Å².